The second-order valence-electron chi connectivity index (χ2n) is 5.51. The van der Waals surface area contributed by atoms with Crippen LogP contribution in [0.5, 0.6) is 5.75 Å². The van der Waals surface area contributed by atoms with E-state index in [1.54, 1.807) is 18.2 Å². The number of carbonyl (C=O) groups excluding carboxylic acids is 1. The van der Waals surface area contributed by atoms with Gasteiger partial charge in [0.15, 0.2) is 0 Å². The van der Waals surface area contributed by atoms with E-state index >= 15 is 0 Å². The first-order valence-electron chi connectivity index (χ1n) is 7.59. The molecular formula is C16H24N2O4. The Morgan fingerprint density at radius 1 is 1.36 bits per heavy atom. The number of hydrogen-bond donors (Lipinski definition) is 1. The standard InChI is InChI=1S/C16H24N2O4/c1-12(2)22-16(19)13-3-4-14(17)15(11-13)21-10-7-18-5-8-20-9-6-18/h3-4,11-12H,5-10,17H2,1-2H3. The van der Waals surface area contributed by atoms with Crippen LogP contribution < -0.4 is 10.5 Å². The van der Waals surface area contributed by atoms with Gasteiger partial charge >= 0.3 is 5.97 Å². The van der Waals surface area contributed by atoms with Crippen molar-refractivity contribution in [3.63, 3.8) is 0 Å². The summed E-state index contributed by atoms with van der Waals surface area (Å²) in [4.78, 5) is 14.2. The third-order valence-corrected chi connectivity index (χ3v) is 3.36. The van der Waals surface area contributed by atoms with E-state index in [1.807, 2.05) is 13.8 Å². The Morgan fingerprint density at radius 3 is 2.77 bits per heavy atom. The molecule has 0 bridgehead atoms. The molecule has 1 aromatic rings. The van der Waals surface area contributed by atoms with Gasteiger partial charge in [-0.3, -0.25) is 4.90 Å². The highest BCUT2D eigenvalue weighted by Crippen LogP contribution is 2.23. The van der Waals surface area contributed by atoms with Crippen molar-refractivity contribution in [2.45, 2.75) is 20.0 Å². The van der Waals surface area contributed by atoms with Crippen molar-refractivity contribution in [1.82, 2.24) is 4.90 Å². The molecule has 0 atom stereocenters. The fraction of sp³-hybridized carbons (Fsp3) is 0.562. The summed E-state index contributed by atoms with van der Waals surface area (Å²) < 4.78 is 16.2. The summed E-state index contributed by atoms with van der Waals surface area (Å²) in [6, 6.07) is 4.95. The zero-order valence-electron chi connectivity index (χ0n) is 13.2. The molecule has 0 spiro atoms. The van der Waals surface area contributed by atoms with Gasteiger partial charge in [-0.05, 0) is 32.0 Å². The molecule has 0 aliphatic carbocycles. The third-order valence-electron chi connectivity index (χ3n) is 3.36. The zero-order chi connectivity index (χ0) is 15.9. The van der Waals surface area contributed by atoms with Crippen LogP contribution in [0.3, 0.4) is 0 Å². The van der Waals surface area contributed by atoms with Crippen LogP contribution in [0.4, 0.5) is 5.69 Å². The van der Waals surface area contributed by atoms with Gasteiger partial charge in [-0.1, -0.05) is 0 Å². The predicted octanol–water partition coefficient (Wildman–Crippen LogP) is 1.54. The Morgan fingerprint density at radius 2 is 2.09 bits per heavy atom. The molecule has 6 nitrogen and oxygen atoms in total. The lowest BCUT2D eigenvalue weighted by Gasteiger charge is -2.26. The van der Waals surface area contributed by atoms with Crippen molar-refractivity contribution in [2.24, 2.45) is 0 Å². The van der Waals surface area contributed by atoms with Crippen LogP contribution in [0.15, 0.2) is 18.2 Å². The highest BCUT2D eigenvalue weighted by atomic mass is 16.5. The highest BCUT2D eigenvalue weighted by molar-refractivity contribution is 5.90. The van der Waals surface area contributed by atoms with Crippen molar-refractivity contribution >= 4 is 11.7 Å². The van der Waals surface area contributed by atoms with E-state index in [0.29, 0.717) is 23.6 Å². The number of hydrogen-bond acceptors (Lipinski definition) is 6. The van der Waals surface area contributed by atoms with Crippen molar-refractivity contribution in [1.29, 1.82) is 0 Å². The quantitative estimate of drug-likeness (QED) is 0.635. The van der Waals surface area contributed by atoms with Crippen LogP contribution in [0.25, 0.3) is 0 Å². The molecule has 1 heterocycles. The van der Waals surface area contributed by atoms with Gasteiger partial charge in [0.25, 0.3) is 0 Å². The molecule has 22 heavy (non-hydrogen) atoms. The summed E-state index contributed by atoms with van der Waals surface area (Å²) >= 11 is 0. The number of nitrogens with two attached hydrogens (primary N) is 1. The lowest BCUT2D eigenvalue weighted by molar-refractivity contribution is 0.0321. The monoisotopic (exact) mass is 308 g/mol. The lowest BCUT2D eigenvalue weighted by atomic mass is 10.2. The minimum absolute atomic E-state index is 0.157. The van der Waals surface area contributed by atoms with Gasteiger partial charge in [0.2, 0.25) is 0 Å². The molecule has 1 aromatic carbocycles. The SMILES string of the molecule is CC(C)OC(=O)c1ccc(N)c(OCCN2CCOCC2)c1. The molecule has 0 unspecified atom stereocenters. The molecule has 0 radical (unpaired) electrons. The van der Waals surface area contributed by atoms with E-state index in [4.69, 9.17) is 19.9 Å². The van der Waals surface area contributed by atoms with Gasteiger partial charge in [0.1, 0.15) is 12.4 Å². The van der Waals surface area contributed by atoms with Gasteiger partial charge < -0.3 is 19.9 Å². The number of nitrogen functional groups attached to an aromatic ring is 1. The van der Waals surface area contributed by atoms with Crippen molar-refractivity contribution < 1.29 is 19.0 Å². The number of nitrogens with zero attached hydrogens (tertiary/aromatic N) is 1. The van der Waals surface area contributed by atoms with Crippen LogP contribution in [0.1, 0.15) is 24.2 Å². The normalized spacial score (nSPS) is 15.8. The van der Waals surface area contributed by atoms with E-state index in [-0.39, 0.29) is 12.1 Å². The number of benzene rings is 1. The number of morpholine rings is 1. The number of rotatable bonds is 6. The van der Waals surface area contributed by atoms with E-state index in [0.717, 1.165) is 32.8 Å². The maximum absolute atomic E-state index is 11.9. The maximum atomic E-state index is 11.9. The summed E-state index contributed by atoms with van der Waals surface area (Å²) in [5, 5.41) is 0. The van der Waals surface area contributed by atoms with E-state index in [2.05, 4.69) is 4.90 Å². The van der Waals surface area contributed by atoms with Crippen LogP contribution in [-0.4, -0.2) is 56.4 Å². The Hall–Kier alpha value is -1.79. The van der Waals surface area contributed by atoms with Gasteiger partial charge in [0.05, 0.1) is 30.6 Å². The van der Waals surface area contributed by atoms with Crippen LogP contribution in [0.2, 0.25) is 0 Å². The molecule has 0 aromatic heterocycles. The predicted molar refractivity (Wildman–Crippen MR) is 84.2 cm³/mol. The molecule has 2 rings (SSSR count). The highest BCUT2D eigenvalue weighted by Gasteiger charge is 2.13. The van der Waals surface area contributed by atoms with Gasteiger partial charge in [-0.15, -0.1) is 0 Å². The van der Waals surface area contributed by atoms with E-state index in [1.165, 1.54) is 0 Å². The topological polar surface area (TPSA) is 74.0 Å². The van der Waals surface area contributed by atoms with Crippen LogP contribution in [-0.2, 0) is 9.47 Å². The minimum Gasteiger partial charge on any atom is -0.490 e. The largest absolute Gasteiger partial charge is 0.490 e. The first-order valence-corrected chi connectivity index (χ1v) is 7.59. The van der Waals surface area contributed by atoms with Crippen LogP contribution in [0, 0.1) is 0 Å². The molecule has 0 saturated carbocycles. The van der Waals surface area contributed by atoms with Crippen molar-refractivity contribution in [3.8, 4) is 5.75 Å². The summed E-state index contributed by atoms with van der Waals surface area (Å²) in [7, 11) is 0. The number of anilines is 1. The lowest BCUT2D eigenvalue weighted by Crippen LogP contribution is -2.38. The smallest absolute Gasteiger partial charge is 0.338 e. The molecule has 1 aliphatic rings. The summed E-state index contributed by atoms with van der Waals surface area (Å²) in [5.41, 5.74) is 6.86. The van der Waals surface area contributed by atoms with Crippen molar-refractivity contribution in [3.05, 3.63) is 23.8 Å². The Kier molecular flexibility index (Phi) is 6.03. The zero-order valence-corrected chi connectivity index (χ0v) is 13.2. The minimum atomic E-state index is -0.368. The number of ether oxygens (including phenoxy) is 3. The molecule has 1 aliphatic heterocycles. The Bertz CT molecular complexity index is 499. The van der Waals surface area contributed by atoms with Gasteiger partial charge in [-0.25, -0.2) is 4.79 Å². The molecule has 0 amide bonds. The molecule has 1 saturated heterocycles. The average molecular weight is 308 g/mol. The van der Waals surface area contributed by atoms with Gasteiger partial charge in [-0.2, -0.15) is 0 Å². The molecule has 2 N–H and O–H groups in total. The fourth-order valence-electron chi connectivity index (χ4n) is 2.18. The summed E-state index contributed by atoms with van der Waals surface area (Å²) in [6.45, 7) is 8.32. The van der Waals surface area contributed by atoms with Crippen molar-refractivity contribution in [2.75, 3.05) is 45.2 Å². The maximum Gasteiger partial charge on any atom is 0.338 e. The molecule has 1 fully saturated rings. The first-order chi connectivity index (χ1) is 10.6. The second-order valence-corrected chi connectivity index (χ2v) is 5.51. The Balaban J connectivity index is 1.90. The average Bonchev–Trinajstić information content (AvgIpc) is 2.49. The first kappa shape index (κ1) is 16.6. The fourth-order valence-corrected chi connectivity index (χ4v) is 2.18. The van der Waals surface area contributed by atoms with Gasteiger partial charge in [0, 0.05) is 19.6 Å². The summed E-state index contributed by atoms with van der Waals surface area (Å²) in [6.07, 6.45) is -0.157. The van der Waals surface area contributed by atoms with Crippen LogP contribution >= 0.6 is 0 Å². The number of esters is 1. The molecular weight excluding hydrogens is 284 g/mol. The second kappa shape index (κ2) is 8.00. The van der Waals surface area contributed by atoms with E-state index in [9.17, 15) is 4.79 Å². The van der Waals surface area contributed by atoms with E-state index < -0.39 is 0 Å². The molecule has 122 valence electrons. The third kappa shape index (κ3) is 4.89. The number of carbonyl (C=O) groups is 1. The Labute approximate surface area is 131 Å². The summed E-state index contributed by atoms with van der Waals surface area (Å²) in [5.74, 6) is 0.152. The molecule has 6 heteroatoms.